The van der Waals surface area contributed by atoms with Crippen LogP contribution in [0.25, 0.3) is 0 Å². The van der Waals surface area contributed by atoms with Gasteiger partial charge in [-0.05, 0) is 54.5 Å². The molecule has 0 aromatic heterocycles. The third kappa shape index (κ3) is 8.46. The molecule has 1 saturated heterocycles. The van der Waals surface area contributed by atoms with Gasteiger partial charge < -0.3 is 14.6 Å². The number of halogens is 1. The number of carbonyl (C=O) groups excluding carboxylic acids is 1. The molecule has 154 valence electrons. The highest BCUT2D eigenvalue weighted by atomic mass is 79.9. The van der Waals surface area contributed by atoms with Crippen molar-refractivity contribution in [1.82, 2.24) is 0 Å². The number of hydrogen-bond acceptors (Lipinski definition) is 4. The molecule has 1 aromatic rings. The zero-order valence-electron chi connectivity index (χ0n) is 16.7. The Hall–Kier alpha value is -2.05. The van der Waals surface area contributed by atoms with Crippen LogP contribution in [0.5, 0.6) is 0 Å². The minimum atomic E-state index is -0.850. The lowest BCUT2D eigenvalue weighted by Crippen LogP contribution is -2.14. The van der Waals surface area contributed by atoms with Crippen molar-refractivity contribution in [3.8, 4) is 23.7 Å². The number of carbonyl (C=O) groups is 1. The molecule has 0 unspecified atom stereocenters. The van der Waals surface area contributed by atoms with E-state index in [0.717, 1.165) is 17.3 Å². The van der Waals surface area contributed by atoms with Crippen LogP contribution in [0.15, 0.2) is 41.4 Å². The van der Waals surface area contributed by atoms with Crippen LogP contribution in [-0.2, 0) is 9.47 Å². The Kier molecular flexibility index (Phi) is 10.0. The summed E-state index contributed by atoms with van der Waals surface area (Å²) in [7, 11) is 0. The Labute approximate surface area is 181 Å². The standard InChI is InChI=1S/C24H27BrO4/c1-3-5-6-7-8-13-22-23(29-22)21(26)12-10-9-11-20(4-2)28-24(27)18-14-16-19(25)17-15-18/h4,14-17,20-23,26H,2-3,5-8,13H2,1H3/t20-,21+,22-,23-/m1/s1. The lowest BCUT2D eigenvalue weighted by atomic mass is 10.1. The van der Waals surface area contributed by atoms with Gasteiger partial charge in [0.15, 0.2) is 6.10 Å². The Morgan fingerprint density at radius 1 is 1.24 bits per heavy atom. The summed E-state index contributed by atoms with van der Waals surface area (Å²) in [5, 5.41) is 10.1. The molecule has 0 radical (unpaired) electrons. The molecule has 1 aromatic carbocycles. The molecule has 1 aliphatic heterocycles. The van der Waals surface area contributed by atoms with Crippen LogP contribution >= 0.6 is 15.9 Å². The smallest absolute Gasteiger partial charge is 0.339 e. The van der Waals surface area contributed by atoms with E-state index >= 15 is 0 Å². The van der Waals surface area contributed by atoms with Gasteiger partial charge in [-0.15, -0.1) is 0 Å². The van der Waals surface area contributed by atoms with Crippen molar-refractivity contribution in [3.63, 3.8) is 0 Å². The topological polar surface area (TPSA) is 59.1 Å². The van der Waals surface area contributed by atoms with Crippen LogP contribution in [0.1, 0.15) is 55.8 Å². The van der Waals surface area contributed by atoms with E-state index in [2.05, 4.69) is 53.1 Å². The maximum Gasteiger partial charge on any atom is 0.339 e. The Balaban J connectivity index is 1.75. The van der Waals surface area contributed by atoms with E-state index in [4.69, 9.17) is 9.47 Å². The largest absolute Gasteiger partial charge is 0.441 e. The molecule has 5 heteroatoms. The van der Waals surface area contributed by atoms with Gasteiger partial charge in [0.2, 0.25) is 0 Å². The van der Waals surface area contributed by atoms with Crippen molar-refractivity contribution in [2.75, 3.05) is 0 Å². The molecule has 1 fully saturated rings. The number of benzene rings is 1. The van der Waals surface area contributed by atoms with Crippen LogP contribution in [0, 0.1) is 23.7 Å². The minimum absolute atomic E-state index is 0.0988. The monoisotopic (exact) mass is 458 g/mol. The minimum Gasteiger partial charge on any atom is -0.441 e. The van der Waals surface area contributed by atoms with Gasteiger partial charge >= 0.3 is 5.97 Å². The molecule has 1 heterocycles. The van der Waals surface area contributed by atoms with Gasteiger partial charge in [-0.1, -0.05) is 67.5 Å². The summed E-state index contributed by atoms with van der Waals surface area (Å²) < 4.78 is 11.7. The highest BCUT2D eigenvalue weighted by molar-refractivity contribution is 9.10. The SMILES string of the molecule is C=C[C@H](C#CC#C[C@H](O)[C@H]1O[C@@H]1CCCCCCC)OC(=O)c1ccc(Br)cc1. The van der Waals surface area contributed by atoms with Crippen LogP contribution in [0.3, 0.4) is 0 Å². The fourth-order valence-corrected chi connectivity index (χ4v) is 3.09. The van der Waals surface area contributed by atoms with E-state index in [-0.39, 0.29) is 12.2 Å². The fourth-order valence-electron chi connectivity index (χ4n) is 2.82. The third-order valence-electron chi connectivity index (χ3n) is 4.55. The van der Waals surface area contributed by atoms with E-state index < -0.39 is 18.2 Å². The summed E-state index contributed by atoms with van der Waals surface area (Å²) in [5.74, 6) is 10.1. The number of aliphatic hydroxyl groups excluding tert-OH is 1. The van der Waals surface area contributed by atoms with Crippen molar-refractivity contribution in [1.29, 1.82) is 0 Å². The highest BCUT2D eigenvalue weighted by Crippen LogP contribution is 2.30. The summed E-state index contributed by atoms with van der Waals surface area (Å²) in [4.78, 5) is 12.1. The van der Waals surface area contributed by atoms with Gasteiger partial charge in [0.25, 0.3) is 0 Å². The number of aliphatic hydroxyl groups is 1. The molecular weight excluding hydrogens is 432 g/mol. The van der Waals surface area contributed by atoms with E-state index in [1.165, 1.54) is 31.8 Å². The second-order valence-corrected chi connectivity index (χ2v) is 7.81. The molecule has 29 heavy (non-hydrogen) atoms. The first-order valence-electron chi connectivity index (χ1n) is 9.98. The van der Waals surface area contributed by atoms with E-state index in [1.807, 2.05) is 0 Å². The number of unbranched alkanes of at least 4 members (excludes halogenated alkanes) is 4. The quantitative estimate of drug-likeness (QED) is 0.182. The Bertz CT molecular complexity index is 794. The van der Waals surface area contributed by atoms with Crippen molar-refractivity contribution >= 4 is 21.9 Å². The Morgan fingerprint density at radius 2 is 1.93 bits per heavy atom. The lowest BCUT2D eigenvalue weighted by molar-refractivity contribution is 0.0475. The average Bonchev–Trinajstić information content (AvgIpc) is 3.50. The maximum absolute atomic E-state index is 12.1. The normalized spacial score (nSPS) is 19.0. The predicted octanol–water partition coefficient (Wildman–Crippen LogP) is 4.66. The van der Waals surface area contributed by atoms with Crippen LogP contribution in [0.4, 0.5) is 0 Å². The number of esters is 1. The van der Waals surface area contributed by atoms with Gasteiger partial charge in [0.1, 0.15) is 12.2 Å². The first-order valence-corrected chi connectivity index (χ1v) is 10.8. The second-order valence-electron chi connectivity index (χ2n) is 6.89. The van der Waals surface area contributed by atoms with E-state index in [0.29, 0.717) is 5.56 Å². The summed E-state index contributed by atoms with van der Waals surface area (Å²) in [6.07, 6.45) is 6.72. The molecular formula is C24H27BrO4. The zero-order chi connectivity index (χ0) is 21.1. The van der Waals surface area contributed by atoms with Crippen LogP contribution in [0.2, 0.25) is 0 Å². The summed E-state index contributed by atoms with van der Waals surface area (Å²) in [5.41, 5.74) is 0.426. The fraction of sp³-hybridized carbons (Fsp3) is 0.458. The molecule has 0 amide bonds. The van der Waals surface area contributed by atoms with E-state index in [1.54, 1.807) is 24.3 Å². The van der Waals surface area contributed by atoms with Gasteiger partial charge in [0.05, 0.1) is 11.7 Å². The van der Waals surface area contributed by atoms with Crippen molar-refractivity contribution in [2.24, 2.45) is 0 Å². The highest BCUT2D eigenvalue weighted by Gasteiger charge is 2.43. The summed E-state index contributed by atoms with van der Waals surface area (Å²) >= 11 is 3.32. The van der Waals surface area contributed by atoms with Crippen molar-refractivity contribution < 1.29 is 19.4 Å². The molecule has 2 rings (SSSR count). The molecule has 4 atom stereocenters. The summed E-state index contributed by atoms with van der Waals surface area (Å²) in [6, 6.07) is 6.84. The number of hydrogen-bond donors (Lipinski definition) is 1. The first kappa shape index (κ1) is 23.2. The van der Waals surface area contributed by atoms with Gasteiger partial charge in [-0.3, -0.25) is 0 Å². The van der Waals surface area contributed by atoms with Crippen LogP contribution in [-0.4, -0.2) is 35.5 Å². The Morgan fingerprint density at radius 3 is 2.62 bits per heavy atom. The van der Waals surface area contributed by atoms with Gasteiger partial charge in [-0.25, -0.2) is 4.79 Å². The average molecular weight is 459 g/mol. The molecule has 0 spiro atoms. The van der Waals surface area contributed by atoms with Crippen molar-refractivity contribution in [3.05, 3.63) is 47.0 Å². The second kappa shape index (κ2) is 12.5. The molecule has 1 N–H and O–H groups in total. The molecule has 0 aliphatic carbocycles. The van der Waals surface area contributed by atoms with E-state index in [9.17, 15) is 9.90 Å². The van der Waals surface area contributed by atoms with Crippen molar-refractivity contribution in [2.45, 2.75) is 69.9 Å². The predicted molar refractivity (Wildman–Crippen MR) is 117 cm³/mol. The molecule has 0 saturated carbocycles. The number of rotatable bonds is 10. The third-order valence-corrected chi connectivity index (χ3v) is 5.08. The van der Waals surface area contributed by atoms with Gasteiger partial charge in [-0.2, -0.15) is 0 Å². The zero-order valence-corrected chi connectivity index (χ0v) is 18.3. The molecule has 0 bridgehead atoms. The molecule has 4 nitrogen and oxygen atoms in total. The summed E-state index contributed by atoms with van der Waals surface area (Å²) in [6.45, 7) is 5.82. The van der Waals surface area contributed by atoms with Gasteiger partial charge in [0, 0.05) is 4.47 Å². The molecule has 1 aliphatic rings. The number of ether oxygens (including phenoxy) is 2. The first-order chi connectivity index (χ1) is 14.0. The van der Waals surface area contributed by atoms with Crippen LogP contribution < -0.4 is 0 Å². The number of epoxide rings is 1. The maximum atomic E-state index is 12.1. The lowest BCUT2D eigenvalue weighted by Gasteiger charge is -2.07.